The highest BCUT2D eigenvalue weighted by molar-refractivity contribution is 7.89. The lowest BCUT2D eigenvalue weighted by Crippen LogP contribution is -2.50. The molecule has 9 nitrogen and oxygen atoms in total. The van der Waals surface area contributed by atoms with Crippen molar-refractivity contribution in [3.05, 3.63) is 36.2 Å². The van der Waals surface area contributed by atoms with Crippen molar-refractivity contribution in [1.29, 1.82) is 0 Å². The number of carbonyl (C=O) groups excluding carboxylic acids is 1. The van der Waals surface area contributed by atoms with Crippen LogP contribution in [0.1, 0.15) is 19.5 Å². The highest BCUT2D eigenvalue weighted by atomic mass is 32.2. The van der Waals surface area contributed by atoms with Gasteiger partial charge in [0.2, 0.25) is 15.9 Å². The molecule has 2 heterocycles. The number of nitrogens with zero attached hydrogens (tertiary/aromatic N) is 4. The monoisotopic (exact) mass is 435 g/mol. The maximum atomic E-state index is 12.9. The zero-order chi connectivity index (χ0) is 21.7. The van der Waals surface area contributed by atoms with Gasteiger partial charge in [0, 0.05) is 44.6 Å². The number of nitrogens with one attached hydrogen (secondary N) is 1. The average molecular weight is 436 g/mol. The topological polar surface area (TPSA) is 96.8 Å². The van der Waals surface area contributed by atoms with Crippen LogP contribution in [-0.2, 0) is 21.4 Å². The molecule has 1 fully saturated rings. The summed E-state index contributed by atoms with van der Waals surface area (Å²) in [7, 11) is -3.58. The van der Waals surface area contributed by atoms with Gasteiger partial charge in [0.25, 0.3) is 0 Å². The standard InChI is InChI=1S/C20H29N5O4S/c1-4-24-14-19(16(3)22-24)30(27,28)25-12-10-23(11-13-25)15-20(26)21-17-6-8-18(9-7-17)29-5-2/h6-9,14H,4-5,10-13,15H2,1-3H3,(H,21,26). The van der Waals surface area contributed by atoms with Gasteiger partial charge in [-0.25, -0.2) is 8.42 Å². The van der Waals surface area contributed by atoms with Crippen LogP contribution in [0, 0.1) is 6.92 Å². The first-order chi connectivity index (χ1) is 14.3. The summed E-state index contributed by atoms with van der Waals surface area (Å²) in [6.07, 6.45) is 1.58. The number of piperazine rings is 1. The number of hydrogen-bond donors (Lipinski definition) is 1. The van der Waals surface area contributed by atoms with Crippen molar-refractivity contribution in [2.45, 2.75) is 32.2 Å². The average Bonchev–Trinajstić information content (AvgIpc) is 3.12. The fraction of sp³-hybridized carbons (Fsp3) is 0.500. The first-order valence-corrected chi connectivity index (χ1v) is 11.6. The van der Waals surface area contributed by atoms with Crippen LogP contribution in [0.3, 0.4) is 0 Å². The number of carbonyl (C=O) groups is 1. The predicted octanol–water partition coefficient (Wildman–Crippen LogP) is 1.56. The molecule has 1 aromatic heterocycles. The molecule has 164 valence electrons. The normalized spacial score (nSPS) is 15.8. The number of amides is 1. The first kappa shape index (κ1) is 22.3. The summed E-state index contributed by atoms with van der Waals surface area (Å²) in [5.41, 5.74) is 1.21. The fourth-order valence-corrected chi connectivity index (χ4v) is 4.98. The third-order valence-electron chi connectivity index (χ3n) is 4.99. The summed E-state index contributed by atoms with van der Waals surface area (Å²) in [5.74, 6) is 0.628. The molecule has 30 heavy (non-hydrogen) atoms. The molecule has 3 rings (SSSR count). The third-order valence-corrected chi connectivity index (χ3v) is 6.99. The van der Waals surface area contributed by atoms with Crippen molar-refractivity contribution in [2.24, 2.45) is 0 Å². The maximum absolute atomic E-state index is 12.9. The molecule has 0 aliphatic carbocycles. The van der Waals surface area contributed by atoms with Crippen LogP contribution in [-0.4, -0.2) is 72.6 Å². The van der Waals surface area contributed by atoms with Gasteiger partial charge in [-0.3, -0.25) is 14.4 Å². The molecular formula is C20H29N5O4S. The van der Waals surface area contributed by atoms with Crippen molar-refractivity contribution in [3.63, 3.8) is 0 Å². The number of aryl methyl sites for hydroxylation is 2. The summed E-state index contributed by atoms with van der Waals surface area (Å²) in [6.45, 7) is 8.65. The smallest absolute Gasteiger partial charge is 0.246 e. The van der Waals surface area contributed by atoms with Crippen LogP contribution in [0.5, 0.6) is 5.75 Å². The van der Waals surface area contributed by atoms with Gasteiger partial charge in [-0.15, -0.1) is 0 Å². The second-order valence-electron chi connectivity index (χ2n) is 7.12. The van der Waals surface area contributed by atoms with E-state index in [9.17, 15) is 13.2 Å². The lowest BCUT2D eigenvalue weighted by Gasteiger charge is -2.33. The Balaban J connectivity index is 1.52. The minimum atomic E-state index is -3.58. The molecule has 1 aliphatic heterocycles. The van der Waals surface area contributed by atoms with Crippen LogP contribution >= 0.6 is 0 Å². The highest BCUT2D eigenvalue weighted by Gasteiger charge is 2.31. The van der Waals surface area contributed by atoms with Gasteiger partial charge >= 0.3 is 0 Å². The quantitative estimate of drug-likeness (QED) is 0.676. The van der Waals surface area contributed by atoms with E-state index in [0.717, 1.165) is 5.75 Å². The Labute approximate surface area is 177 Å². The largest absolute Gasteiger partial charge is 0.494 e. The van der Waals surface area contributed by atoms with Gasteiger partial charge in [0.05, 0.1) is 18.8 Å². The molecule has 0 bridgehead atoms. The summed E-state index contributed by atoms with van der Waals surface area (Å²) >= 11 is 0. The molecule has 0 radical (unpaired) electrons. The molecule has 1 amide bonds. The maximum Gasteiger partial charge on any atom is 0.246 e. The Morgan fingerprint density at radius 1 is 1.13 bits per heavy atom. The number of hydrogen-bond acceptors (Lipinski definition) is 6. The molecule has 1 aromatic carbocycles. The van der Waals surface area contributed by atoms with Gasteiger partial charge in [0.1, 0.15) is 10.6 Å². The number of sulfonamides is 1. The molecule has 0 atom stereocenters. The Morgan fingerprint density at radius 3 is 2.37 bits per heavy atom. The second kappa shape index (κ2) is 9.59. The Kier molecular flexibility index (Phi) is 7.11. The van der Waals surface area contributed by atoms with E-state index in [1.807, 2.05) is 30.9 Å². The molecule has 0 saturated carbocycles. The zero-order valence-electron chi connectivity index (χ0n) is 17.7. The second-order valence-corrected chi connectivity index (χ2v) is 9.03. The van der Waals surface area contributed by atoms with Crippen LogP contribution in [0.25, 0.3) is 0 Å². The van der Waals surface area contributed by atoms with E-state index in [1.165, 1.54) is 4.31 Å². The van der Waals surface area contributed by atoms with Gasteiger partial charge in [-0.1, -0.05) is 0 Å². The Morgan fingerprint density at radius 2 is 1.80 bits per heavy atom. The number of aromatic nitrogens is 2. The van der Waals surface area contributed by atoms with E-state index >= 15 is 0 Å². The summed E-state index contributed by atoms with van der Waals surface area (Å²) in [4.78, 5) is 14.6. The van der Waals surface area contributed by atoms with Crippen molar-refractivity contribution >= 4 is 21.6 Å². The molecule has 1 N–H and O–H groups in total. The molecular weight excluding hydrogens is 406 g/mol. The zero-order valence-corrected chi connectivity index (χ0v) is 18.5. The van der Waals surface area contributed by atoms with Crippen molar-refractivity contribution < 1.29 is 17.9 Å². The van der Waals surface area contributed by atoms with E-state index in [-0.39, 0.29) is 17.3 Å². The minimum Gasteiger partial charge on any atom is -0.494 e. The fourth-order valence-electron chi connectivity index (χ4n) is 3.39. The molecule has 1 aliphatic rings. The number of benzene rings is 1. The van der Waals surface area contributed by atoms with Crippen LogP contribution in [0.2, 0.25) is 0 Å². The van der Waals surface area contributed by atoms with Gasteiger partial charge in [0.15, 0.2) is 0 Å². The third kappa shape index (κ3) is 5.18. The first-order valence-electron chi connectivity index (χ1n) is 10.1. The summed E-state index contributed by atoms with van der Waals surface area (Å²) in [6, 6.07) is 7.22. The number of rotatable bonds is 8. The Bertz CT molecular complexity index is 964. The van der Waals surface area contributed by atoms with Gasteiger partial charge in [-0.2, -0.15) is 9.40 Å². The summed E-state index contributed by atoms with van der Waals surface area (Å²) < 4.78 is 34.4. The van der Waals surface area contributed by atoms with E-state index in [0.29, 0.717) is 50.7 Å². The van der Waals surface area contributed by atoms with Crippen LogP contribution < -0.4 is 10.1 Å². The molecule has 0 unspecified atom stereocenters. The van der Waals surface area contributed by atoms with Crippen molar-refractivity contribution in [3.8, 4) is 5.75 Å². The predicted molar refractivity (Wildman–Crippen MR) is 114 cm³/mol. The van der Waals surface area contributed by atoms with Gasteiger partial charge < -0.3 is 10.1 Å². The molecule has 0 spiro atoms. The molecule has 2 aromatic rings. The van der Waals surface area contributed by atoms with Crippen LogP contribution in [0.4, 0.5) is 5.69 Å². The van der Waals surface area contributed by atoms with Crippen molar-refractivity contribution in [1.82, 2.24) is 19.0 Å². The van der Waals surface area contributed by atoms with Crippen LogP contribution in [0.15, 0.2) is 35.4 Å². The van der Waals surface area contributed by atoms with Gasteiger partial charge in [-0.05, 0) is 45.0 Å². The number of ether oxygens (including phenoxy) is 1. The molecule has 1 saturated heterocycles. The van der Waals surface area contributed by atoms with Crippen molar-refractivity contribution in [2.75, 3.05) is 44.6 Å². The Hall–Kier alpha value is -2.43. The lowest BCUT2D eigenvalue weighted by molar-refractivity contribution is -0.117. The molecule has 10 heteroatoms. The number of anilines is 1. The van der Waals surface area contributed by atoms with E-state index in [2.05, 4.69) is 10.4 Å². The summed E-state index contributed by atoms with van der Waals surface area (Å²) in [5, 5.41) is 7.10. The highest BCUT2D eigenvalue weighted by Crippen LogP contribution is 2.21. The van der Waals surface area contributed by atoms with E-state index < -0.39 is 10.0 Å². The van der Waals surface area contributed by atoms with E-state index in [1.54, 1.807) is 29.9 Å². The van der Waals surface area contributed by atoms with E-state index in [4.69, 9.17) is 4.74 Å². The lowest BCUT2D eigenvalue weighted by atomic mass is 10.3. The SMILES string of the molecule is CCOc1ccc(NC(=O)CN2CCN(S(=O)(=O)c3cn(CC)nc3C)CC2)cc1. The minimum absolute atomic E-state index is 0.129.